The van der Waals surface area contributed by atoms with Crippen LogP contribution in [0, 0.1) is 0 Å². The molecule has 0 heterocycles. The zero-order chi connectivity index (χ0) is 13.6. The fraction of sp³-hybridized carbons (Fsp3) is 0.857. The van der Waals surface area contributed by atoms with Crippen LogP contribution in [0.4, 0.5) is 0 Å². The average molecular weight is 260 g/mol. The normalized spacial score (nSPS) is 12.4. The largest absolute Gasteiger partial charge is 0.493 e. The second-order valence-corrected chi connectivity index (χ2v) is 4.54. The summed E-state index contributed by atoms with van der Waals surface area (Å²) in [6.07, 6.45) is 7.65. The van der Waals surface area contributed by atoms with E-state index >= 15 is 0 Å². The SMILES string of the molecule is C=C(OCCO)C(O)CCCCCCCCCO. The van der Waals surface area contributed by atoms with Crippen LogP contribution in [0.25, 0.3) is 0 Å². The summed E-state index contributed by atoms with van der Waals surface area (Å²) in [6, 6.07) is 0. The van der Waals surface area contributed by atoms with Gasteiger partial charge in [0.05, 0.1) is 6.61 Å². The van der Waals surface area contributed by atoms with E-state index in [0.717, 1.165) is 25.7 Å². The van der Waals surface area contributed by atoms with Crippen molar-refractivity contribution < 1.29 is 20.1 Å². The maximum absolute atomic E-state index is 9.68. The van der Waals surface area contributed by atoms with Crippen molar-refractivity contribution in [3.05, 3.63) is 12.3 Å². The Bertz CT molecular complexity index is 194. The lowest BCUT2D eigenvalue weighted by atomic mass is 10.1. The topological polar surface area (TPSA) is 69.9 Å². The maximum atomic E-state index is 9.68. The van der Waals surface area contributed by atoms with Crippen LogP contribution < -0.4 is 0 Å². The Morgan fingerprint density at radius 2 is 1.44 bits per heavy atom. The van der Waals surface area contributed by atoms with Crippen LogP contribution in [-0.4, -0.2) is 41.2 Å². The van der Waals surface area contributed by atoms with E-state index in [1.165, 1.54) is 19.3 Å². The summed E-state index contributed by atoms with van der Waals surface area (Å²) in [5, 5.41) is 26.9. The molecular weight excluding hydrogens is 232 g/mol. The van der Waals surface area contributed by atoms with Crippen molar-refractivity contribution in [2.75, 3.05) is 19.8 Å². The number of aliphatic hydroxyl groups is 3. The Kier molecular flexibility index (Phi) is 12.5. The Morgan fingerprint density at radius 3 is 2.00 bits per heavy atom. The third-order valence-electron chi connectivity index (χ3n) is 2.89. The summed E-state index contributed by atoms with van der Waals surface area (Å²) in [5.41, 5.74) is 0. The quantitative estimate of drug-likeness (QED) is 0.350. The Hall–Kier alpha value is -0.580. The van der Waals surface area contributed by atoms with Gasteiger partial charge in [0.2, 0.25) is 0 Å². The van der Waals surface area contributed by atoms with Crippen LogP contribution in [0.3, 0.4) is 0 Å². The van der Waals surface area contributed by atoms with Gasteiger partial charge >= 0.3 is 0 Å². The molecule has 0 aliphatic rings. The highest BCUT2D eigenvalue weighted by Crippen LogP contribution is 2.13. The van der Waals surface area contributed by atoms with Crippen LogP contribution in [0.1, 0.15) is 51.4 Å². The number of ether oxygens (including phenoxy) is 1. The molecule has 0 bridgehead atoms. The summed E-state index contributed by atoms with van der Waals surface area (Å²) >= 11 is 0. The van der Waals surface area contributed by atoms with Gasteiger partial charge in [-0.1, -0.05) is 45.1 Å². The monoisotopic (exact) mass is 260 g/mol. The minimum absolute atomic E-state index is 0.0560. The van der Waals surface area contributed by atoms with E-state index in [9.17, 15) is 5.11 Å². The number of hydrogen-bond donors (Lipinski definition) is 3. The third-order valence-corrected chi connectivity index (χ3v) is 2.89. The molecule has 0 aromatic rings. The standard InChI is InChI=1S/C14H28O4/c1-13(18-12-11-16)14(17)9-7-5-3-2-4-6-8-10-15/h14-17H,1-12H2. The van der Waals surface area contributed by atoms with Gasteiger partial charge in [0, 0.05) is 6.61 Å². The van der Waals surface area contributed by atoms with Gasteiger partial charge in [-0.05, 0) is 12.8 Å². The molecule has 0 aromatic heterocycles. The number of hydrogen-bond acceptors (Lipinski definition) is 4. The third kappa shape index (κ3) is 10.6. The molecule has 0 spiro atoms. The molecule has 18 heavy (non-hydrogen) atoms. The van der Waals surface area contributed by atoms with Gasteiger partial charge in [-0.3, -0.25) is 0 Å². The molecule has 0 rings (SSSR count). The number of unbranched alkanes of at least 4 members (excludes halogenated alkanes) is 6. The highest BCUT2D eigenvalue weighted by Gasteiger charge is 2.09. The first-order valence-electron chi connectivity index (χ1n) is 6.93. The zero-order valence-electron chi connectivity index (χ0n) is 11.3. The first-order valence-corrected chi connectivity index (χ1v) is 6.93. The molecule has 0 aromatic carbocycles. The molecule has 0 aliphatic heterocycles. The van der Waals surface area contributed by atoms with Crippen LogP contribution in [-0.2, 0) is 4.74 Å². The van der Waals surface area contributed by atoms with E-state index in [1.54, 1.807) is 0 Å². The minimum Gasteiger partial charge on any atom is -0.493 e. The fourth-order valence-corrected chi connectivity index (χ4v) is 1.77. The fourth-order valence-electron chi connectivity index (χ4n) is 1.77. The Balaban J connectivity index is 3.29. The first-order chi connectivity index (χ1) is 8.72. The van der Waals surface area contributed by atoms with E-state index in [1.807, 2.05) is 0 Å². The lowest BCUT2D eigenvalue weighted by molar-refractivity contribution is 0.0761. The number of aliphatic hydroxyl groups excluding tert-OH is 3. The summed E-state index contributed by atoms with van der Waals surface area (Å²) in [4.78, 5) is 0. The van der Waals surface area contributed by atoms with Crippen molar-refractivity contribution in [2.45, 2.75) is 57.5 Å². The summed E-state index contributed by atoms with van der Waals surface area (Å²) in [6.45, 7) is 4.07. The molecule has 0 amide bonds. The zero-order valence-corrected chi connectivity index (χ0v) is 11.3. The van der Waals surface area contributed by atoms with Crippen LogP contribution in [0.2, 0.25) is 0 Å². The van der Waals surface area contributed by atoms with Gasteiger partial charge in [-0.15, -0.1) is 0 Å². The second kappa shape index (κ2) is 12.9. The van der Waals surface area contributed by atoms with Gasteiger partial charge in [-0.25, -0.2) is 0 Å². The first kappa shape index (κ1) is 17.4. The van der Waals surface area contributed by atoms with Gasteiger partial charge in [0.25, 0.3) is 0 Å². The molecule has 4 nitrogen and oxygen atoms in total. The van der Waals surface area contributed by atoms with E-state index in [4.69, 9.17) is 14.9 Å². The molecule has 0 fully saturated rings. The van der Waals surface area contributed by atoms with Gasteiger partial charge in [0.1, 0.15) is 18.5 Å². The maximum Gasteiger partial charge on any atom is 0.117 e. The van der Waals surface area contributed by atoms with Crippen LogP contribution in [0.5, 0.6) is 0 Å². The number of rotatable bonds is 13. The molecule has 0 radical (unpaired) electrons. The molecule has 3 N–H and O–H groups in total. The Labute approximate surface area is 110 Å². The van der Waals surface area contributed by atoms with Crippen molar-refractivity contribution in [1.29, 1.82) is 0 Å². The molecule has 108 valence electrons. The van der Waals surface area contributed by atoms with Gasteiger partial charge < -0.3 is 20.1 Å². The van der Waals surface area contributed by atoms with Crippen molar-refractivity contribution in [3.63, 3.8) is 0 Å². The molecule has 1 unspecified atom stereocenters. The predicted molar refractivity (Wildman–Crippen MR) is 72.2 cm³/mol. The summed E-state index contributed by atoms with van der Waals surface area (Å²) in [5.74, 6) is 0.354. The lowest BCUT2D eigenvalue weighted by Gasteiger charge is -2.14. The molecule has 0 aliphatic carbocycles. The average Bonchev–Trinajstić information content (AvgIpc) is 2.38. The minimum atomic E-state index is -0.620. The van der Waals surface area contributed by atoms with E-state index in [2.05, 4.69) is 6.58 Å². The van der Waals surface area contributed by atoms with Crippen LogP contribution in [0.15, 0.2) is 12.3 Å². The van der Waals surface area contributed by atoms with Gasteiger partial charge in [0.15, 0.2) is 0 Å². The lowest BCUT2D eigenvalue weighted by Crippen LogP contribution is -2.13. The highest BCUT2D eigenvalue weighted by atomic mass is 16.5. The smallest absolute Gasteiger partial charge is 0.117 e. The van der Waals surface area contributed by atoms with E-state index < -0.39 is 6.10 Å². The Morgan fingerprint density at radius 1 is 0.889 bits per heavy atom. The molecule has 1 atom stereocenters. The van der Waals surface area contributed by atoms with E-state index in [0.29, 0.717) is 18.8 Å². The van der Waals surface area contributed by atoms with Crippen LogP contribution >= 0.6 is 0 Å². The second-order valence-electron chi connectivity index (χ2n) is 4.54. The summed E-state index contributed by atoms with van der Waals surface area (Å²) in [7, 11) is 0. The summed E-state index contributed by atoms with van der Waals surface area (Å²) < 4.78 is 5.06. The molecule has 0 saturated carbocycles. The molecular formula is C14H28O4. The molecule has 0 saturated heterocycles. The van der Waals surface area contributed by atoms with Crippen molar-refractivity contribution in [3.8, 4) is 0 Å². The highest BCUT2D eigenvalue weighted by molar-refractivity contribution is 4.91. The van der Waals surface area contributed by atoms with E-state index in [-0.39, 0.29) is 13.2 Å². The predicted octanol–water partition coefficient (Wildman–Crippen LogP) is 1.98. The van der Waals surface area contributed by atoms with Crippen molar-refractivity contribution in [1.82, 2.24) is 0 Å². The van der Waals surface area contributed by atoms with Crippen molar-refractivity contribution >= 4 is 0 Å². The van der Waals surface area contributed by atoms with Gasteiger partial charge in [-0.2, -0.15) is 0 Å². The van der Waals surface area contributed by atoms with Crippen molar-refractivity contribution in [2.24, 2.45) is 0 Å². The molecule has 4 heteroatoms.